The minimum atomic E-state index is -0.412. The van der Waals surface area contributed by atoms with E-state index in [2.05, 4.69) is 24.8 Å². The van der Waals surface area contributed by atoms with Crippen LogP contribution in [-0.2, 0) is 0 Å². The highest BCUT2D eigenvalue weighted by atomic mass is 16.3. The summed E-state index contributed by atoms with van der Waals surface area (Å²) in [5.41, 5.74) is 0. The molecule has 1 aliphatic heterocycles. The van der Waals surface area contributed by atoms with Crippen LogP contribution in [0.3, 0.4) is 0 Å². The summed E-state index contributed by atoms with van der Waals surface area (Å²) >= 11 is 0. The van der Waals surface area contributed by atoms with Gasteiger partial charge in [0.15, 0.2) is 0 Å². The summed E-state index contributed by atoms with van der Waals surface area (Å²) in [7, 11) is 0. The topological polar surface area (TPSA) is 47.3 Å². The fourth-order valence-electron chi connectivity index (χ4n) is 1.56. The second kappa shape index (κ2) is 3.88. The van der Waals surface area contributed by atoms with Crippen molar-refractivity contribution >= 4 is 0 Å². The normalized spacial score (nSPS) is 31.9. The van der Waals surface area contributed by atoms with Crippen LogP contribution in [0.15, 0.2) is 0 Å². The van der Waals surface area contributed by atoms with Crippen LogP contribution in [0.4, 0.5) is 0 Å². The third kappa shape index (κ3) is 1.96. The van der Waals surface area contributed by atoms with Crippen LogP contribution in [0.1, 0.15) is 20.3 Å². The van der Waals surface area contributed by atoms with E-state index in [1.807, 2.05) is 0 Å². The van der Waals surface area contributed by atoms with Gasteiger partial charge in [-0.2, -0.15) is 5.26 Å². The van der Waals surface area contributed by atoms with Gasteiger partial charge in [0.1, 0.15) is 0 Å². The summed E-state index contributed by atoms with van der Waals surface area (Å²) in [5, 5.41) is 18.1. The first-order chi connectivity index (χ1) is 5.65. The molecule has 0 radical (unpaired) electrons. The molecular weight excluding hydrogens is 152 g/mol. The van der Waals surface area contributed by atoms with Gasteiger partial charge >= 0.3 is 0 Å². The van der Waals surface area contributed by atoms with Gasteiger partial charge < -0.3 is 5.11 Å². The summed E-state index contributed by atoms with van der Waals surface area (Å²) in [6, 6.07) is 2.63. The van der Waals surface area contributed by atoms with Crippen molar-refractivity contribution in [2.24, 2.45) is 5.92 Å². The molecule has 0 aromatic carbocycles. The molecule has 1 N–H and O–H groups in total. The van der Waals surface area contributed by atoms with Crippen LogP contribution >= 0.6 is 0 Å². The van der Waals surface area contributed by atoms with Crippen molar-refractivity contribution in [2.45, 2.75) is 32.4 Å². The van der Waals surface area contributed by atoms with E-state index in [0.717, 1.165) is 19.5 Å². The summed E-state index contributed by atoms with van der Waals surface area (Å²) in [6.45, 7) is 5.87. The first kappa shape index (κ1) is 9.50. The first-order valence-electron chi connectivity index (χ1n) is 4.47. The lowest BCUT2D eigenvalue weighted by atomic mass is 9.95. The van der Waals surface area contributed by atoms with Crippen molar-refractivity contribution in [1.82, 2.24) is 4.90 Å². The molecule has 2 atom stereocenters. The van der Waals surface area contributed by atoms with Crippen molar-refractivity contribution in [3.63, 3.8) is 0 Å². The fraction of sp³-hybridized carbons (Fsp3) is 0.889. The quantitative estimate of drug-likeness (QED) is 0.623. The molecule has 1 heterocycles. The summed E-state index contributed by atoms with van der Waals surface area (Å²) < 4.78 is 0. The van der Waals surface area contributed by atoms with Crippen molar-refractivity contribution < 1.29 is 5.11 Å². The average molecular weight is 168 g/mol. The molecule has 0 aromatic heterocycles. The molecule has 1 saturated heterocycles. The number of likely N-dealkylation sites (tertiary alicyclic amines) is 1. The molecule has 12 heavy (non-hydrogen) atoms. The number of aliphatic hydroxyl groups is 1. The number of hydrogen-bond donors (Lipinski definition) is 1. The summed E-state index contributed by atoms with van der Waals surface area (Å²) in [4.78, 5) is 2.24. The smallest absolute Gasteiger partial charge is 0.0849 e. The van der Waals surface area contributed by atoms with Gasteiger partial charge in [0, 0.05) is 19.1 Å². The zero-order valence-corrected chi connectivity index (χ0v) is 7.70. The van der Waals surface area contributed by atoms with Gasteiger partial charge in [-0.15, -0.1) is 0 Å². The first-order valence-corrected chi connectivity index (χ1v) is 4.47. The number of piperidine rings is 1. The maximum absolute atomic E-state index is 9.42. The molecule has 0 aromatic rings. The van der Waals surface area contributed by atoms with E-state index in [9.17, 15) is 5.11 Å². The standard InChI is InChI=1S/C9H16N2O/c1-7(2)11-4-3-9(12)8(5-10)6-11/h7-9,12H,3-4,6H2,1-2H3. The van der Waals surface area contributed by atoms with Crippen LogP contribution in [0.2, 0.25) is 0 Å². The predicted octanol–water partition coefficient (Wildman–Crippen LogP) is 0.601. The maximum atomic E-state index is 9.42. The van der Waals surface area contributed by atoms with Gasteiger partial charge in [0.25, 0.3) is 0 Å². The molecule has 0 amide bonds. The van der Waals surface area contributed by atoms with E-state index >= 15 is 0 Å². The van der Waals surface area contributed by atoms with Gasteiger partial charge in [-0.3, -0.25) is 4.90 Å². The van der Waals surface area contributed by atoms with E-state index in [1.54, 1.807) is 0 Å². The van der Waals surface area contributed by atoms with Crippen LogP contribution in [0, 0.1) is 17.2 Å². The molecule has 68 valence electrons. The Morgan fingerprint density at radius 2 is 2.25 bits per heavy atom. The monoisotopic (exact) mass is 168 g/mol. The molecule has 3 heteroatoms. The van der Waals surface area contributed by atoms with Crippen molar-refractivity contribution in [3.05, 3.63) is 0 Å². The Morgan fingerprint density at radius 1 is 1.58 bits per heavy atom. The van der Waals surface area contributed by atoms with Gasteiger partial charge in [-0.1, -0.05) is 0 Å². The lowest BCUT2D eigenvalue weighted by Gasteiger charge is -2.35. The molecule has 1 fully saturated rings. The number of hydrogen-bond acceptors (Lipinski definition) is 3. The van der Waals surface area contributed by atoms with Crippen molar-refractivity contribution in [3.8, 4) is 6.07 Å². The SMILES string of the molecule is CC(C)N1CCC(O)C(C#N)C1. The molecule has 2 unspecified atom stereocenters. The zero-order chi connectivity index (χ0) is 9.14. The highest BCUT2D eigenvalue weighted by molar-refractivity contribution is 4.94. The molecule has 0 bridgehead atoms. The largest absolute Gasteiger partial charge is 0.392 e. The van der Waals surface area contributed by atoms with E-state index < -0.39 is 6.10 Å². The Bertz CT molecular complexity index is 185. The Labute approximate surface area is 73.6 Å². The Morgan fingerprint density at radius 3 is 2.75 bits per heavy atom. The Hall–Kier alpha value is -0.590. The zero-order valence-electron chi connectivity index (χ0n) is 7.70. The lowest BCUT2D eigenvalue weighted by Crippen LogP contribution is -2.45. The van der Waals surface area contributed by atoms with E-state index in [0.29, 0.717) is 6.04 Å². The number of nitrogens with zero attached hydrogens (tertiary/aromatic N) is 2. The van der Waals surface area contributed by atoms with E-state index in [4.69, 9.17) is 5.26 Å². The van der Waals surface area contributed by atoms with E-state index in [1.165, 1.54) is 0 Å². The third-order valence-corrected chi connectivity index (χ3v) is 2.50. The fourth-order valence-corrected chi connectivity index (χ4v) is 1.56. The van der Waals surface area contributed by atoms with Crippen LogP contribution in [-0.4, -0.2) is 35.2 Å². The highest BCUT2D eigenvalue weighted by Gasteiger charge is 2.28. The third-order valence-electron chi connectivity index (χ3n) is 2.50. The lowest BCUT2D eigenvalue weighted by molar-refractivity contribution is 0.0379. The molecule has 3 nitrogen and oxygen atoms in total. The second-order valence-corrected chi connectivity index (χ2v) is 3.68. The minimum Gasteiger partial charge on any atom is -0.392 e. The predicted molar refractivity (Wildman–Crippen MR) is 46.4 cm³/mol. The molecular formula is C9H16N2O. The second-order valence-electron chi connectivity index (χ2n) is 3.68. The van der Waals surface area contributed by atoms with Crippen LogP contribution < -0.4 is 0 Å². The average Bonchev–Trinajstić information content (AvgIpc) is 2.05. The van der Waals surface area contributed by atoms with Gasteiger partial charge in [-0.25, -0.2) is 0 Å². The number of rotatable bonds is 1. The molecule has 0 aliphatic carbocycles. The molecule has 1 rings (SSSR count). The molecule has 1 aliphatic rings. The van der Waals surface area contributed by atoms with Crippen molar-refractivity contribution in [2.75, 3.05) is 13.1 Å². The Kier molecular flexibility index (Phi) is 3.07. The minimum absolute atomic E-state index is 0.193. The summed E-state index contributed by atoms with van der Waals surface area (Å²) in [6.07, 6.45) is 0.321. The van der Waals surface area contributed by atoms with Crippen molar-refractivity contribution in [1.29, 1.82) is 5.26 Å². The Balaban J connectivity index is 2.51. The van der Waals surface area contributed by atoms with Crippen LogP contribution in [0.5, 0.6) is 0 Å². The highest BCUT2D eigenvalue weighted by Crippen LogP contribution is 2.17. The van der Waals surface area contributed by atoms with Gasteiger partial charge in [0.2, 0.25) is 0 Å². The number of aliphatic hydroxyl groups excluding tert-OH is 1. The maximum Gasteiger partial charge on any atom is 0.0849 e. The number of nitriles is 1. The summed E-state index contributed by atoms with van der Waals surface area (Å²) in [5.74, 6) is -0.193. The molecule has 0 spiro atoms. The molecule has 0 saturated carbocycles. The van der Waals surface area contributed by atoms with Gasteiger partial charge in [0.05, 0.1) is 18.1 Å². The van der Waals surface area contributed by atoms with E-state index in [-0.39, 0.29) is 5.92 Å². The van der Waals surface area contributed by atoms with Crippen LogP contribution in [0.25, 0.3) is 0 Å². The van der Waals surface area contributed by atoms with Gasteiger partial charge in [-0.05, 0) is 20.3 Å².